The third kappa shape index (κ3) is 33.1. The Bertz CT molecular complexity index is 1200. The molecule has 0 aromatic carbocycles. The van der Waals surface area contributed by atoms with E-state index < -0.39 is 63.1 Å². The molecule has 0 heterocycles. The number of carbonyl (C=O) groups excluding carboxylic acids is 1. The smallest absolute Gasteiger partial charge is 0.457 e. The van der Waals surface area contributed by atoms with Crippen LogP contribution in [0, 0.1) is 0 Å². The van der Waals surface area contributed by atoms with E-state index in [0.717, 1.165) is 57.8 Å². The van der Waals surface area contributed by atoms with Crippen molar-refractivity contribution in [3.05, 3.63) is 36.5 Å². The first-order valence-corrected chi connectivity index (χ1v) is 27.3. The molecule has 6 unspecified atom stereocenters. The minimum Gasteiger partial charge on any atom is -0.457 e. The molecule has 0 saturated heterocycles. The zero-order valence-electron chi connectivity index (χ0n) is 40.3. The van der Waals surface area contributed by atoms with Gasteiger partial charge in [0, 0.05) is 13.0 Å². The number of hydrogen-bond acceptors (Lipinski definition) is 11. The number of hydrogen-bond donors (Lipinski definition) is 6. The lowest BCUT2D eigenvalue weighted by Gasteiger charge is -2.41. The molecule has 6 atom stereocenters. The molecule has 376 valence electrons. The maximum absolute atomic E-state index is 12.8. The molecule has 0 spiro atoms. The molecule has 1 aliphatic rings. The van der Waals surface area contributed by atoms with E-state index in [1.165, 1.54) is 135 Å². The molecule has 1 aliphatic carbocycles. The highest BCUT2D eigenvalue weighted by Gasteiger charge is 2.51. The molecule has 6 N–H and O–H groups in total. The van der Waals surface area contributed by atoms with E-state index in [4.69, 9.17) is 18.5 Å². The molecule has 1 rings (SSSR count). The number of phosphoric acid groups is 1. The Morgan fingerprint density at radius 1 is 0.500 bits per heavy atom. The van der Waals surface area contributed by atoms with E-state index in [0.29, 0.717) is 13.0 Å². The largest absolute Gasteiger partial charge is 0.472 e. The summed E-state index contributed by atoms with van der Waals surface area (Å²) in [4.78, 5) is 23.2. The van der Waals surface area contributed by atoms with Gasteiger partial charge in [-0.15, -0.1) is 0 Å². The van der Waals surface area contributed by atoms with Crippen molar-refractivity contribution in [3.63, 3.8) is 0 Å². The summed E-state index contributed by atoms with van der Waals surface area (Å²) in [5.74, 6) is -0.481. The normalized spacial score (nSPS) is 21.9. The molecule has 13 heteroatoms. The molecule has 0 amide bonds. The van der Waals surface area contributed by atoms with Gasteiger partial charge in [-0.1, -0.05) is 179 Å². The predicted octanol–water partition coefficient (Wildman–Crippen LogP) is 11.4. The number of carbonyl (C=O) groups is 1. The van der Waals surface area contributed by atoms with E-state index in [9.17, 15) is 39.8 Å². The average molecular weight is 931 g/mol. The van der Waals surface area contributed by atoms with E-state index in [1.807, 2.05) is 0 Å². The number of aliphatic hydroxyl groups excluding tert-OH is 5. The lowest BCUT2D eigenvalue weighted by Crippen LogP contribution is -2.64. The Kier molecular flexibility index (Phi) is 39.5. The van der Waals surface area contributed by atoms with Crippen molar-refractivity contribution in [3.8, 4) is 0 Å². The molecule has 64 heavy (non-hydrogen) atoms. The second-order valence-electron chi connectivity index (χ2n) is 18.0. The molecule has 0 aromatic rings. The van der Waals surface area contributed by atoms with Gasteiger partial charge in [0.1, 0.15) is 42.7 Å². The number of phosphoric ester groups is 1. The SMILES string of the molecule is CCCCC/C=C\C/C=C\CCCCCCCCCCCCOCC(COP(=O)(O)OC1C(O)C(O)C(O)C(O)C1O)OC(=O)CCCCCCCCC/C=C\CCCCCCCC. The molecule has 0 bridgehead atoms. The van der Waals surface area contributed by atoms with Crippen LogP contribution >= 0.6 is 7.82 Å². The van der Waals surface area contributed by atoms with E-state index in [-0.39, 0.29) is 13.0 Å². The number of unbranched alkanes of at least 4 members (excludes halogenated alkanes) is 26. The van der Waals surface area contributed by atoms with Gasteiger partial charge in [-0.2, -0.15) is 0 Å². The molecule has 0 aliphatic heterocycles. The number of allylic oxidation sites excluding steroid dienone is 6. The second-order valence-corrected chi connectivity index (χ2v) is 19.4. The summed E-state index contributed by atoms with van der Waals surface area (Å²) in [6.45, 7) is 4.24. The number of esters is 1. The first-order valence-electron chi connectivity index (χ1n) is 25.8. The lowest BCUT2D eigenvalue weighted by atomic mass is 9.85. The third-order valence-electron chi connectivity index (χ3n) is 12.0. The Balaban J connectivity index is 2.34. The van der Waals surface area contributed by atoms with Crippen LogP contribution in [0.25, 0.3) is 0 Å². The van der Waals surface area contributed by atoms with Crippen LogP contribution in [0.2, 0.25) is 0 Å². The molecule has 1 fully saturated rings. The fraction of sp³-hybridized carbons (Fsp3) is 0.863. The van der Waals surface area contributed by atoms with Crippen LogP contribution in [-0.4, -0.2) is 98.9 Å². The van der Waals surface area contributed by atoms with Crippen LogP contribution in [0.5, 0.6) is 0 Å². The van der Waals surface area contributed by atoms with Gasteiger partial charge in [-0.05, 0) is 70.6 Å². The quantitative estimate of drug-likeness (QED) is 0.0147. The van der Waals surface area contributed by atoms with Crippen LogP contribution in [0.3, 0.4) is 0 Å². The molecule has 12 nitrogen and oxygen atoms in total. The highest BCUT2D eigenvalue weighted by molar-refractivity contribution is 7.47. The number of ether oxygens (including phenoxy) is 2. The van der Waals surface area contributed by atoms with Crippen molar-refractivity contribution in [1.29, 1.82) is 0 Å². The minimum absolute atomic E-state index is 0.0791. The first kappa shape index (κ1) is 60.6. The summed E-state index contributed by atoms with van der Waals surface area (Å²) in [6, 6.07) is 0. The highest BCUT2D eigenvalue weighted by Crippen LogP contribution is 2.47. The zero-order valence-corrected chi connectivity index (χ0v) is 41.2. The topological polar surface area (TPSA) is 192 Å². The Labute approximate surface area is 389 Å². The van der Waals surface area contributed by atoms with Gasteiger partial charge < -0.3 is 39.9 Å². The highest BCUT2D eigenvalue weighted by atomic mass is 31.2. The zero-order chi connectivity index (χ0) is 46.9. The maximum Gasteiger partial charge on any atom is 0.472 e. The van der Waals surface area contributed by atoms with Crippen molar-refractivity contribution >= 4 is 13.8 Å². The van der Waals surface area contributed by atoms with Gasteiger partial charge in [-0.25, -0.2) is 4.57 Å². The van der Waals surface area contributed by atoms with Crippen LogP contribution < -0.4 is 0 Å². The van der Waals surface area contributed by atoms with Gasteiger partial charge in [0.15, 0.2) is 0 Å². The van der Waals surface area contributed by atoms with Gasteiger partial charge in [0.2, 0.25) is 0 Å². The fourth-order valence-corrected chi connectivity index (χ4v) is 8.82. The standard InChI is InChI=1S/C51H95O12P/c1-3-5-7-9-11-13-15-17-19-21-22-23-25-27-29-31-33-35-37-39-41-60-42-44(43-61-64(58,59)63-51-49(56)47(54)46(53)48(55)50(51)57)62-45(52)40-38-36-34-32-30-28-26-24-20-18-16-14-12-10-8-6-4-2/h11,13,17-20,44,46-51,53-57H,3-10,12,14-16,21-43H2,1-2H3,(H,58,59)/b13-11-,19-17-,20-18-. The van der Waals surface area contributed by atoms with Crippen LogP contribution in [0.15, 0.2) is 36.5 Å². The maximum atomic E-state index is 12.8. The van der Waals surface area contributed by atoms with Crippen LogP contribution in [0.4, 0.5) is 0 Å². The summed E-state index contributed by atoms with van der Waals surface area (Å²) in [5.41, 5.74) is 0. The van der Waals surface area contributed by atoms with Crippen molar-refractivity contribution in [2.75, 3.05) is 19.8 Å². The molecule has 1 saturated carbocycles. The van der Waals surface area contributed by atoms with E-state index in [2.05, 4.69) is 50.3 Å². The molecule has 0 radical (unpaired) electrons. The Morgan fingerprint density at radius 3 is 1.36 bits per heavy atom. The second kappa shape index (κ2) is 41.7. The first-order chi connectivity index (χ1) is 31.0. The van der Waals surface area contributed by atoms with Crippen molar-refractivity contribution < 1.29 is 58.3 Å². The van der Waals surface area contributed by atoms with Gasteiger partial charge in [-0.3, -0.25) is 13.8 Å². The lowest BCUT2D eigenvalue weighted by molar-refractivity contribution is -0.220. The third-order valence-corrected chi connectivity index (χ3v) is 13.0. The van der Waals surface area contributed by atoms with E-state index >= 15 is 0 Å². The summed E-state index contributed by atoms with van der Waals surface area (Å²) in [7, 11) is -5.02. The minimum atomic E-state index is -5.02. The van der Waals surface area contributed by atoms with Crippen LogP contribution in [-0.2, 0) is 27.9 Å². The summed E-state index contributed by atoms with van der Waals surface area (Å²) in [6.07, 6.45) is 37.7. The Hall–Kier alpha value is -1.44. The fourth-order valence-electron chi connectivity index (χ4n) is 7.85. The predicted molar refractivity (Wildman–Crippen MR) is 258 cm³/mol. The Morgan fingerprint density at radius 2 is 0.875 bits per heavy atom. The monoisotopic (exact) mass is 931 g/mol. The van der Waals surface area contributed by atoms with Gasteiger partial charge in [0.05, 0.1) is 13.2 Å². The van der Waals surface area contributed by atoms with Crippen molar-refractivity contribution in [1.82, 2.24) is 0 Å². The molecule has 0 aromatic heterocycles. The average Bonchev–Trinajstić information content (AvgIpc) is 3.28. The van der Waals surface area contributed by atoms with Gasteiger partial charge in [0.25, 0.3) is 0 Å². The van der Waals surface area contributed by atoms with Crippen molar-refractivity contribution in [2.24, 2.45) is 0 Å². The summed E-state index contributed by atoms with van der Waals surface area (Å²) in [5, 5.41) is 50.3. The molecular weight excluding hydrogens is 836 g/mol. The molecular formula is C51H95O12P. The van der Waals surface area contributed by atoms with Gasteiger partial charge >= 0.3 is 13.8 Å². The van der Waals surface area contributed by atoms with Crippen LogP contribution in [0.1, 0.15) is 219 Å². The van der Waals surface area contributed by atoms with E-state index in [1.54, 1.807) is 0 Å². The summed E-state index contributed by atoms with van der Waals surface area (Å²) < 4.78 is 34.3. The number of aliphatic hydroxyl groups is 5. The van der Waals surface area contributed by atoms with Crippen molar-refractivity contribution in [2.45, 2.75) is 262 Å². The summed E-state index contributed by atoms with van der Waals surface area (Å²) >= 11 is 0. The number of rotatable bonds is 44.